The molecule has 0 unspecified atom stereocenters. The van der Waals surface area contributed by atoms with Crippen molar-refractivity contribution in [2.75, 3.05) is 0 Å². The zero-order chi connectivity index (χ0) is 19.9. The van der Waals surface area contributed by atoms with Crippen molar-refractivity contribution in [2.24, 2.45) is 5.73 Å². The molecule has 0 saturated carbocycles. The normalized spacial score (nSPS) is 11.3. The molecule has 0 aliphatic rings. The molecule has 0 aliphatic heterocycles. The zero-order valence-electron chi connectivity index (χ0n) is 14.9. The molecule has 5 N–H and O–H groups in total. The molecule has 138 valence electrons. The van der Waals surface area contributed by atoms with Crippen LogP contribution in [0.2, 0.25) is 0 Å². The molecule has 0 fully saturated rings. The Bertz CT molecular complexity index is 921. The van der Waals surface area contributed by atoms with Crippen molar-refractivity contribution in [2.45, 2.75) is 25.4 Å². The quantitative estimate of drug-likeness (QED) is 0.366. The molecule has 1 aromatic carbocycles. The van der Waals surface area contributed by atoms with Gasteiger partial charge in [-0.25, -0.2) is 5.48 Å². The fraction of sp³-hybridized carbons (Fsp3) is 0.200. The first-order chi connectivity index (χ1) is 12.8. The van der Waals surface area contributed by atoms with E-state index in [0.717, 1.165) is 4.88 Å². The van der Waals surface area contributed by atoms with Crippen LogP contribution in [0.25, 0.3) is 0 Å². The van der Waals surface area contributed by atoms with E-state index in [2.05, 4.69) is 29.0 Å². The van der Waals surface area contributed by atoms with E-state index in [1.54, 1.807) is 49.4 Å². The lowest BCUT2D eigenvalue weighted by atomic mass is 9.95. The first-order valence-electron chi connectivity index (χ1n) is 8.00. The second-order valence-corrected chi connectivity index (χ2v) is 7.21. The van der Waals surface area contributed by atoms with Gasteiger partial charge in [0.1, 0.15) is 6.04 Å². The van der Waals surface area contributed by atoms with Gasteiger partial charge >= 0.3 is 0 Å². The molecule has 0 spiro atoms. The summed E-state index contributed by atoms with van der Waals surface area (Å²) in [6.07, 6.45) is 0. The van der Waals surface area contributed by atoms with Crippen LogP contribution in [0, 0.1) is 23.7 Å². The number of carbonyl (C=O) groups excluding carboxylic acids is 2. The standard InChI is InChI=1S/C20H19N3O3S/c1-20(2,21)17(19(25)23-26)22-18(24)15-11-9-14(10-12-15)6-3-4-7-16-8-5-13-27-16/h5,8-13,17,26H,21H2,1-2H3,(H,22,24)(H,23,25)/t17-/m1/s1. The van der Waals surface area contributed by atoms with Gasteiger partial charge in [-0.15, -0.1) is 11.3 Å². The van der Waals surface area contributed by atoms with Gasteiger partial charge in [0, 0.05) is 16.7 Å². The highest BCUT2D eigenvalue weighted by atomic mass is 32.1. The predicted octanol–water partition coefficient (Wildman–Crippen LogP) is 1.49. The van der Waals surface area contributed by atoms with E-state index in [0.29, 0.717) is 11.1 Å². The Balaban J connectivity index is 2.06. The molecule has 1 heterocycles. The molecule has 0 saturated heterocycles. The summed E-state index contributed by atoms with van der Waals surface area (Å²) in [6, 6.07) is 9.29. The van der Waals surface area contributed by atoms with Crippen LogP contribution in [0.3, 0.4) is 0 Å². The van der Waals surface area contributed by atoms with Crippen LogP contribution in [-0.2, 0) is 4.79 Å². The monoisotopic (exact) mass is 381 g/mol. The molecule has 27 heavy (non-hydrogen) atoms. The maximum Gasteiger partial charge on any atom is 0.267 e. The van der Waals surface area contributed by atoms with E-state index >= 15 is 0 Å². The van der Waals surface area contributed by atoms with Crippen LogP contribution in [0.5, 0.6) is 0 Å². The number of nitrogens with one attached hydrogen (secondary N) is 2. The highest BCUT2D eigenvalue weighted by molar-refractivity contribution is 7.10. The van der Waals surface area contributed by atoms with Crippen molar-refractivity contribution in [3.05, 3.63) is 57.8 Å². The Morgan fingerprint density at radius 3 is 2.37 bits per heavy atom. The lowest BCUT2D eigenvalue weighted by Crippen LogP contribution is -2.61. The van der Waals surface area contributed by atoms with Gasteiger partial charge in [-0.2, -0.15) is 0 Å². The van der Waals surface area contributed by atoms with Gasteiger partial charge in [-0.1, -0.05) is 12.0 Å². The molecule has 2 amide bonds. The second kappa shape index (κ2) is 9.02. The molecule has 0 radical (unpaired) electrons. The van der Waals surface area contributed by atoms with Crippen molar-refractivity contribution >= 4 is 23.2 Å². The number of amides is 2. The van der Waals surface area contributed by atoms with Gasteiger partial charge < -0.3 is 11.1 Å². The summed E-state index contributed by atoms with van der Waals surface area (Å²) in [5, 5.41) is 13.3. The number of carbonyl (C=O) groups is 2. The third-order valence-electron chi connectivity index (χ3n) is 3.52. The van der Waals surface area contributed by atoms with Crippen LogP contribution in [0.1, 0.15) is 34.6 Å². The van der Waals surface area contributed by atoms with E-state index in [1.807, 2.05) is 17.5 Å². The smallest absolute Gasteiger partial charge is 0.267 e. The number of nitrogens with two attached hydrogens (primary N) is 1. The molecule has 1 aromatic heterocycles. The second-order valence-electron chi connectivity index (χ2n) is 6.26. The van der Waals surface area contributed by atoms with Gasteiger partial charge in [-0.3, -0.25) is 14.8 Å². The Kier molecular flexibility index (Phi) is 6.75. The predicted molar refractivity (Wildman–Crippen MR) is 104 cm³/mol. The van der Waals surface area contributed by atoms with Crippen molar-refractivity contribution in [3.63, 3.8) is 0 Å². The topological polar surface area (TPSA) is 104 Å². The molecule has 2 aromatic rings. The fourth-order valence-corrected chi connectivity index (χ4v) is 2.69. The first-order valence-corrected chi connectivity index (χ1v) is 8.88. The maximum atomic E-state index is 12.3. The maximum absolute atomic E-state index is 12.3. The summed E-state index contributed by atoms with van der Waals surface area (Å²) in [5.74, 6) is 10.1. The number of hydrogen-bond donors (Lipinski definition) is 4. The highest BCUT2D eigenvalue weighted by Crippen LogP contribution is 2.09. The molecular formula is C20H19N3O3S. The minimum absolute atomic E-state index is 0.338. The van der Waals surface area contributed by atoms with Gasteiger partial charge in [-0.05, 0) is 67.3 Å². The Labute approximate surface area is 161 Å². The molecule has 7 heteroatoms. The average molecular weight is 381 g/mol. The van der Waals surface area contributed by atoms with E-state index in [9.17, 15) is 9.59 Å². The van der Waals surface area contributed by atoms with Crippen molar-refractivity contribution < 1.29 is 14.8 Å². The van der Waals surface area contributed by atoms with E-state index in [4.69, 9.17) is 10.9 Å². The van der Waals surface area contributed by atoms with Gasteiger partial charge in [0.15, 0.2) is 0 Å². The third-order valence-corrected chi connectivity index (χ3v) is 4.30. The number of benzene rings is 1. The SMILES string of the molecule is CC(C)(N)[C@H](NC(=O)c1ccc(C#CC#Cc2cccs2)cc1)C(=O)NO. The van der Waals surface area contributed by atoms with E-state index in [1.165, 1.54) is 5.48 Å². The Hall–Kier alpha value is -3.10. The van der Waals surface area contributed by atoms with Crippen molar-refractivity contribution in [3.8, 4) is 23.7 Å². The third kappa shape index (κ3) is 5.98. The van der Waals surface area contributed by atoms with Crippen LogP contribution < -0.4 is 16.5 Å². The lowest BCUT2D eigenvalue weighted by Gasteiger charge is -2.29. The summed E-state index contributed by atoms with van der Waals surface area (Å²) in [6.45, 7) is 3.15. The summed E-state index contributed by atoms with van der Waals surface area (Å²) in [4.78, 5) is 25.0. The van der Waals surface area contributed by atoms with Crippen LogP contribution in [0.4, 0.5) is 0 Å². The average Bonchev–Trinajstić information content (AvgIpc) is 3.15. The molecule has 0 aliphatic carbocycles. The zero-order valence-corrected chi connectivity index (χ0v) is 15.7. The van der Waals surface area contributed by atoms with Crippen LogP contribution >= 0.6 is 11.3 Å². The van der Waals surface area contributed by atoms with Gasteiger partial charge in [0.2, 0.25) is 0 Å². The van der Waals surface area contributed by atoms with E-state index < -0.39 is 23.4 Å². The number of thiophene rings is 1. The summed E-state index contributed by atoms with van der Waals surface area (Å²) in [5.41, 5.74) is 7.39. The molecule has 6 nitrogen and oxygen atoms in total. The fourth-order valence-electron chi connectivity index (χ4n) is 2.12. The highest BCUT2D eigenvalue weighted by Gasteiger charge is 2.33. The molecule has 0 bridgehead atoms. The van der Waals surface area contributed by atoms with Crippen molar-refractivity contribution in [1.29, 1.82) is 0 Å². The minimum Gasteiger partial charge on any atom is -0.338 e. The van der Waals surface area contributed by atoms with E-state index in [-0.39, 0.29) is 0 Å². The first kappa shape index (κ1) is 20.2. The Morgan fingerprint density at radius 1 is 1.15 bits per heavy atom. The van der Waals surface area contributed by atoms with Crippen LogP contribution in [-0.4, -0.2) is 28.6 Å². The molecule has 2 rings (SSSR count). The summed E-state index contributed by atoms with van der Waals surface area (Å²) in [7, 11) is 0. The number of hydrogen-bond acceptors (Lipinski definition) is 5. The minimum atomic E-state index is -1.10. The van der Waals surface area contributed by atoms with Gasteiger partial charge in [0.25, 0.3) is 11.8 Å². The van der Waals surface area contributed by atoms with Crippen LogP contribution in [0.15, 0.2) is 41.8 Å². The number of rotatable bonds is 4. The largest absolute Gasteiger partial charge is 0.338 e. The summed E-state index contributed by atoms with van der Waals surface area (Å²) >= 11 is 1.55. The van der Waals surface area contributed by atoms with Crippen molar-refractivity contribution in [1.82, 2.24) is 10.8 Å². The molecule has 1 atom stereocenters. The molecular weight excluding hydrogens is 362 g/mol. The lowest BCUT2D eigenvalue weighted by molar-refractivity contribution is -0.132. The Morgan fingerprint density at radius 2 is 1.81 bits per heavy atom. The summed E-state index contributed by atoms with van der Waals surface area (Å²) < 4.78 is 0. The van der Waals surface area contributed by atoms with Gasteiger partial charge in [0.05, 0.1) is 4.88 Å². The number of hydroxylamine groups is 1.